The van der Waals surface area contributed by atoms with Gasteiger partial charge in [0.25, 0.3) is 5.91 Å². The molecule has 1 aliphatic rings. The fourth-order valence-corrected chi connectivity index (χ4v) is 3.06. The maximum Gasteiger partial charge on any atom is 0.254 e. The summed E-state index contributed by atoms with van der Waals surface area (Å²) in [5.41, 5.74) is 1.88. The van der Waals surface area contributed by atoms with Crippen molar-refractivity contribution in [3.63, 3.8) is 0 Å². The third-order valence-corrected chi connectivity index (χ3v) is 4.13. The molecule has 1 amide bonds. The van der Waals surface area contributed by atoms with Gasteiger partial charge in [-0.15, -0.1) is 0 Å². The first-order valence-corrected chi connectivity index (χ1v) is 7.91. The van der Waals surface area contributed by atoms with Crippen molar-refractivity contribution in [3.05, 3.63) is 29.8 Å². The first-order valence-electron chi connectivity index (χ1n) is 7.91. The number of nitrogens with one attached hydrogen (secondary N) is 1. The van der Waals surface area contributed by atoms with E-state index in [9.17, 15) is 4.79 Å². The molecule has 1 saturated carbocycles. The normalized spacial score (nSPS) is 15.9. The fourth-order valence-electron chi connectivity index (χ4n) is 3.06. The number of anilines is 1. The molecule has 1 N–H and O–H groups in total. The zero-order valence-corrected chi connectivity index (χ0v) is 12.7. The van der Waals surface area contributed by atoms with Gasteiger partial charge in [-0.2, -0.15) is 0 Å². The highest BCUT2D eigenvalue weighted by Crippen LogP contribution is 2.24. The van der Waals surface area contributed by atoms with Crippen LogP contribution in [0.25, 0.3) is 0 Å². The first-order chi connectivity index (χ1) is 9.76. The highest BCUT2D eigenvalue weighted by Gasteiger charge is 2.24. The van der Waals surface area contributed by atoms with Crippen molar-refractivity contribution in [1.82, 2.24) is 4.90 Å². The molecule has 0 unspecified atom stereocenters. The van der Waals surface area contributed by atoms with Crippen molar-refractivity contribution >= 4 is 11.6 Å². The molecule has 3 nitrogen and oxygen atoms in total. The average molecular weight is 274 g/mol. The summed E-state index contributed by atoms with van der Waals surface area (Å²) in [7, 11) is 0. The minimum atomic E-state index is 0.183. The highest BCUT2D eigenvalue weighted by molar-refractivity contribution is 5.94. The lowest BCUT2D eigenvalue weighted by molar-refractivity contribution is 0.0648. The van der Waals surface area contributed by atoms with Crippen LogP contribution < -0.4 is 5.32 Å². The van der Waals surface area contributed by atoms with E-state index in [0.717, 1.165) is 37.2 Å². The van der Waals surface area contributed by atoms with E-state index in [1.54, 1.807) is 0 Å². The van der Waals surface area contributed by atoms with Gasteiger partial charge in [-0.05, 0) is 51.0 Å². The van der Waals surface area contributed by atoms with Crippen molar-refractivity contribution in [3.8, 4) is 0 Å². The summed E-state index contributed by atoms with van der Waals surface area (Å²) in [5, 5.41) is 3.26. The molecule has 20 heavy (non-hydrogen) atoms. The maximum absolute atomic E-state index is 12.6. The van der Waals surface area contributed by atoms with Crippen LogP contribution in [0.1, 0.15) is 56.3 Å². The zero-order valence-electron chi connectivity index (χ0n) is 12.7. The molecule has 0 atom stereocenters. The predicted octanol–water partition coefficient (Wildman–Crippen LogP) is 3.91. The van der Waals surface area contributed by atoms with E-state index in [4.69, 9.17) is 0 Å². The van der Waals surface area contributed by atoms with Gasteiger partial charge in [0.2, 0.25) is 0 Å². The molecule has 1 aromatic rings. The topological polar surface area (TPSA) is 32.3 Å². The third-order valence-electron chi connectivity index (χ3n) is 4.13. The molecule has 3 heteroatoms. The highest BCUT2D eigenvalue weighted by atomic mass is 16.2. The van der Waals surface area contributed by atoms with Gasteiger partial charge in [0.1, 0.15) is 0 Å². The summed E-state index contributed by atoms with van der Waals surface area (Å²) in [4.78, 5) is 14.7. The quantitative estimate of drug-likeness (QED) is 0.882. The van der Waals surface area contributed by atoms with Crippen molar-refractivity contribution < 1.29 is 4.79 Å². The summed E-state index contributed by atoms with van der Waals surface area (Å²) < 4.78 is 0. The molecule has 0 saturated heterocycles. The summed E-state index contributed by atoms with van der Waals surface area (Å²) in [6.45, 7) is 5.86. The van der Waals surface area contributed by atoms with Gasteiger partial charge in [0.15, 0.2) is 0 Å². The van der Waals surface area contributed by atoms with Gasteiger partial charge in [0.05, 0.1) is 0 Å². The molecule has 2 rings (SSSR count). The van der Waals surface area contributed by atoms with E-state index in [0.29, 0.717) is 6.04 Å². The Kier molecular flexibility index (Phi) is 5.45. The summed E-state index contributed by atoms with van der Waals surface area (Å²) >= 11 is 0. The van der Waals surface area contributed by atoms with E-state index in [-0.39, 0.29) is 5.91 Å². The molecule has 0 heterocycles. The van der Waals surface area contributed by atoms with Crippen LogP contribution in [0.5, 0.6) is 0 Å². The molecule has 0 aliphatic heterocycles. The van der Waals surface area contributed by atoms with Gasteiger partial charge in [0, 0.05) is 30.4 Å². The van der Waals surface area contributed by atoms with Crippen LogP contribution in [-0.4, -0.2) is 29.9 Å². The second-order valence-corrected chi connectivity index (χ2v) is 5.49. The number of hydrogen-bond acceptors (Lipinski definition) is 2. The molecule has 0 bridgehead atoms. The van der Waals surface area contributed by atoms with Crippen molar-refractivity contribution in [2.75, 3.05) is 18.4 Å². The molecule has 1 fully saturated rings. The van der Waals surface area contributed by atoms with E-state index in [1.165, 1.54) is 19.3 Å². The molecule has 0 radical (unpaired) electrons. The SMILES string of the molecule is CCNc1ccc(C(=O)N(CC)C2CCCCC2)cc1. The van der Waals surface area contributed by atoms with Gasteiger partial charge < -0.3 is 10.2 Å². The Bertz CT molecular complexity index is 421. The Morgan fingerprint density at radius 3 is 2.35 bits per heavy atom. The lowest BCUT2D eigenvalue weighted by Crippen LogP contribution is -2.41. The fraction of sp³-hybridized carbons (Fsp3) is 0.588. The van der Waals surface area contributed by atoms with E-state index in [2.05, 4.69) is 24.1 Å². The van der Waals surface area contributed by atoms with Crippen LogP contribution in [0.4, 0.5) is 5.69 Å². The molecule has 0 spiro atoms. The van der Waals surface area contributed by atoms with Gasteiger partial charge in [-0.1, -0.05) is 19.3 Å². The number of rotatable bonds is 5. The largest absolute Gasteiger partial charge is 0.385 e. The minimum absolute atomic E-state index is 0.183. The summed E-state index contributed by atoms with van der Waals surface area (Å²) in [6.07, 6.45) is 6.16. The Hall–Kier alpha value is -1.51. The number of carbonyl (C=O) groups is 1. The molecular weight excluding hydrogens is 248 g/mol. The Morgan fingerprint density at radius 1 is 1.15 bits per heavy atom. The number of benzene rings is 1. The van der Waals surface area contributed by atoms with E-state index in [1.807, 2.05) is 24.3 Å². The minimum Gasteiger partial charge on any atom is -0.385 e. The van der Waals surface area contributed by atoms with E-state index >= 15 is 0 Å². The first kappa shape index (κ1) is 14.9. The molecule has 1 aromatic carbocycles. The van der Waals surface area contributed by atoms with Gasteiger partial charge in [-0.3, -0.25) is 4.79 Å². The van der Waals surface area contributed by atoms with Gasteiger partial charge in [-0.25, -0.2) is 0 Å². The van der Waals surface area contributed by atoms with Crippen LogP contribution in [-0.2, 0) is 0 Å². The predicted molar refractivity (Wildman–Crippen MR) is 84.2 cm³/mol. The second kappa shape index (κ2) is 7.32. The molecule has 1 aliphatic carbocycles. The van der Waals surface area contributed by atoms with Crippen LogP contribution in [0.3, 0.4) is 0 Å². The van der Waals surface area contributed by atoms with Crippen molar-refractivity contribution in [2.45, 2.75) is 52.0 Å². The third kappa shape index (κ3) is 3.53. The van der Waals surface area contributed by atoms with Crippen molar-refractivity contribution in [1.29, 1.82) is 0 Å². The lowest BCUT2D eigenvalue weighted by Gasteiger charge is -2.33. The number of nitrogens with zero attached hydrogens (tertiary/aromatic N) is 1. The molecule has 0 aromatic heterocycles. The van der Waals surface area contributed by atoms with Crippen LogP contribution in [0.15, 0.2) is 24.3 Å². The van der Waals surface area contributed by atoms with Crippen molar-refractivity contribution in [2.24, 2.45) is 0 Å². The Labute approximate surface area is 122 Å². The Balaban J connectivity index is 2.07. The number of carbonyl (C=O) groups excluding carboxylic acids is 1. The number of amides is 1. The Morgan fingerprint density at radius 2 is 1.80 bits per heavy atom. The zero-order chi connectivity index (χ0) is 14.4. The molecule has 110 valence electrons. The van der Waals surface area contributed by atoms with Crippen LogP contribution >= 0.6 is 0 Å². The monoisotopic (exact) mass is 274 g/mol. The van der Waals surface area contributed by atoms with E-state index < -0.39 is 0 Å². The summed E-state index contributed by atoms with van der Waals surface area (Å²) in [5.74, 6) is 0.183. The lowest BCUT2D eigenvalue weighted by atomic mass is 9.93. The van der Waals surface area contributed by atoms with Crippen LogP contribution in [0, 0.1) is 0 Å². The summed E-state index contributed by atoms with van der Waals surface area (Å²) in [6, 6.07) is 8.30. The van der Waals surface area contributed by atoms with Crippen LogP contribution in [0.2, 0.25) is 0 Å². The second-order valence-electron chi connectivity index (χ2n) is 5.49. The molecular formula is C17H26N2O. The number of hydrogen-bond donors (Lipinski definition) is 1. The average Bonchev–Trinajstić information content (AvgIpc) is 2.50. The van der Waals surface area contributed by atoms with Gasteiger partial charge >= 0.3 is 0 Å². The standard InChI is InChI=1S/C17H26N2O/c1-3-18-15-12-10-14(11-13-15)17(20)19(4-2)16-8-6-5-7-9-16/h10-13,16,18H,3-9H2,1-2H3. The smallest absolute Gasteiger partial charge is 0.254 e. The maximum atomic E-state index is 12.6.